The minimum Gasteiger partial charge on any atom is -0.467 e. The number of anilines is 1. The molecule has 1 saturated heterocycles. The van der Waals surface area contributed by atoms with Crippen molar-refractivity contribution in [1.82, 2.24) is 20.1 Å². The van der Waals surface area contributed by atoms with Gasteiger partial charge in [0.15, 0.2) is 6.79 Å². The lowest BCUT2D eigenvalue weighted by atomic mass is 10.0. The second-order valence-corrected chi connectivity index (χ2v) is 7.56. The molecule has 1 atom stereocenters. The molecule has 1 aromatic heterocycles. The number of carbonyl (C=O) groups is 1. The van der Waals surface area contributed by atoms with E-state index in [1.807, 2.05) is 31.7 Å². The highest BCUT2D eigenvalue weighted by Gasteiger charge is 2.22. The van der Waals surface area contributed by atoms with E-state index in [4.69, 9.17) is 15.2 Å². The Morgan fingerprint density at radius 2 is 2.17 bits per heavy atom. The van der Waals surface area contributed by atoms with Crippen LogP contribution in [0.15, 0.2) is 18.3 Å². The van der Waals surface area contributed by atoms with Crippen molar-refractivity contribution in [3.05, 3.63) is 29.5 Å². The fraction of sp³-hybridized carbons (Fsp3) is 0.524. The minimum atomic E-state index is -0.311. The number of rotatable bonds is 9. The van der Waals surface area contributed by atoms with Gasteiger partial charge in [0.25, 0.3) is 0 Å². The Morgan fingerprint density at radius 3 is 2.87 bits per heavy atom. The second-order valence-electron chi connectivity index (χ2n) is 7.56. The molecule has 3 N–H and O–H groups in total. The van der Waals surface area contributed by atoms with Gasteiger partial charge in [-0.2, -0.15) is 0 Å². The molecule has 1 aliphatic heterocycles. The maximum Gasteiger partial charge on any atom is 0.242 e. The number of hydrogen-bond donors (Lipinski definition) is 2. The van der Waals surface area contributed by atoms with E-state index >= 15 is 0 Å². The van der Waals surface area contributed by atoms with E-state index in [1.165, 1.54) is 0 Å². The summed E-state index contributed by atoms with van der Waals surface area (Å²) in [6, 6.07) is 4.19. The molecule has 0 saturated carbocycles. The Bertz CT molecular complexity index is 859. The quantitative estimate of drug-likeness (QED) is 0.472. The van der Waals surface area contributed by atoms with Gasteiger partial charge in [0.1, 0.15) is 11.4 Å². The molecule has 0 unspecified atom stereocenters. The highest BCUT2D eigenvalue weighted by atomic mass is 16.7. The number of amides is 1. The molecule has 1 aromatic carbocycles. The van der Waals surface area contributed by atoms with E-state index in [2.05, 4.69) is 26.6 Å². The van der Waals surface area contributed by atoms with Crippen LogP contribution in [-0.4, -0.2) is 65.1 Å². The van der Waals surface area contributed by atoms with Crippen LogP contribution in [0.1, 0.15) is 30.9 Å². The summed E-state index contributed by atoms with van der Waals surface area (Å²) in [6.07, 6.45) is 3.66. The van der Waals surface area contributed by atoms with Crippen molar-refractivity contribution < 1.29 is 14.3 Å². The van der Waals surface area contributed by atoms with E-state index < -0.39 is 0 Å². The van der Waals surface area contributed by atoms with E-state index in [9.17, 15) is 4.79 Å². The number of ether oxygens (including phenoxy) is 2. The minimum absolute atomic E-state index is 0.150. The van der Waals surface area contributed by atoms with Crippen LogP contribution >= 0.6 is 0 Å². The number of nitrogens with one attached hydrogen (secondary N) is 1. The predicted molar refractivity (Wildman–Crippen MR) is 114 cm³/mol. The number of carbonyl (C=O) groups excluding carboxylic acids is 1. The van der Waals surface area contributed by atoms with Gasteiger partial charge in [0.05, 0.1) is 12.7 Å². The van der Waals surface area contributed by atoms with Crippen molar-refractivity contribution in [2.24, 2.45) is 5.73 Å². The molecular weight excluding hydrogens is 384 g/mol. The van der Waals surface area contributed by atoms with Crippen molar-refractivity contribution >= 4 is 11.9 Å². The number of nitrogens with zero attached hydrogens (tertiary/aromatic N) is 4. The number of aryl methyl sites for hydroxylation is 2. The third-order valence-electron chi connectivity index (χ3n) is 4.98. The Morgan fingerprint density at radius 1 is 1.33 bits per heavy atom. The monoisotopic (exact) mass is 414 g/mol. The van der Waals surface area contributed by atoms with Gasteiger partial charge in [-0.1, -0.05) is 6.07 Å². The third kappa shape index (κ3) is 5.87. The summed E-state index contributed by atoms with van der Waals surface area (Å²) >= 11 is 0. The van der Waals surface area contributed by atoms with Crippen molar-refractivity contribution in [2.45, 2.75) is 39.7 Å². The maximum absolute atomic E-state index is 11.2. The molecule has 30 heavy (non-hydrogen) atoms. The standard InChI is InChI=1S/C21H30N6O3/c1-4-29-13-30-18-9-14(2)8-15(3)20(18)17-10-23-21(26-25-17)24-16-6-5-7-27(11-16)12-19(22)28/h8-10,16H,4-7,11-13H2,1-3H3,(H2,22,28)(H,23,24,26)/t16-/m1/s1. The van der Waals surface area contributed by atoms with E-state index in [-0.39, 0.29) is 25.3 Å². The lowest BCUT2D eigenvalue weighted by molar-refractivity contribution is -0.119. The Hall–Kier alpha value is -2.78. The Balaban J connectivity index is 1.72. The van der Waals surface area contributed by atoms with Gasteiger partial charge in [-0.25, -0.2) is 4.98 Å². The zero-order valence-electron chi connectivity index (χ0n) is 17.9. The topological polar surface area (TPSA) is 115 Å². The van der Waals surface area contributed by atoms with Gasteiger partial charge in [0, 0.05) is 24.8 Å². The Kier molecular flexibility index (Phi) is 7.53. The van der Waals surface area contributed by atoms with Crippen molar-refractivity contribution in [2.75, 3.05) is 38.4 Å². The molecular formula is C21H30N6O3. The molecule has 0 aliphatic carbocycles. The first-order valence-corrected chi connectivity index (χ1v) is 10.2. The molecule has 9 nitrogen and oxygen atoms in total. The van der Waals surface area contributed by atoms with Crippen LogP contribution in [0.3, 0.4) is 0 Å². The van der Waals surface area contributed by atoms with Crippen molar-refractivity contribution in [1.29, 1.82) is 0 Å². The highest BCUT2D eigenvalue weighted by molar-refractivity contribution is 5.76. The van der Waals surface area contributed by atoms with Crippen LogP contribution in [-0.2, 0) is 9.53 Å². The first-order valence-electron chi connectivity index (χ1n) is 10.2. The van der Waals surface area contributed by atoms with Crippen LogP contribution in [0, 0.1) is 13.8 Å². The van der Waals surface area contributed by atoms with E-state index in [1.54, 1.807) is 6.20 Å². The lowest BCUT2D eigenvalue weighted by Gasteiger charge is -2.32. The summed E-state index contributed by atoms with van der Waals surface area (Å²) in [6.45, 7) is 8.58. The summed E-state index contributed by atoms with van der Waals surface area (Å²) < 4.78 is 11.1. The van der Waals surface area contributed by atoms with Crippen LogP contribution in [0.4, 0.5) is 5.95 Å². The summed E-state index contributed by atoms with van der Waals surface area (Å²) in [5, 5.41) is 12.0. The van der Waals surface area contributed by atoms with Gasteiger partial charge in [-0.05, 0) is 57.4 Å². The fourth-order valence-corrected chi connectivity index (χ4v) is 3.73. The molecule has 1 aliphatic rings. The predicted octanol–water partition coefficient (Wildman–Crippen LogP) is 1.89. The fourth-order valence-electron chi connectivity index (χ4n) is 3.73. The largest absolute Gasteiger partial charge is 0.467 e. The summed E-state index contributed by atoms with van der Waals surface area (Å²) in [4.78, 5) is 17.7. The first-order chi connectivity index (χ1) is 14.5. The van der Waals surface area contributed by atoms with E-state index in [0.717, 1.165) is 42.6 Å². The van der Waals surface area contributed by atoms with Crippen LogP contribution in [0.5, 0.6) is 5.75 Å². The maximum atomic E-state index is 11.2. The summed E-state index contributed by atoms with van der Waals surface area (Å²) in [7, 11) is 0. The van der Waals surface area contributed by atoms with Crippen LogP contribution < -0.4 is 15.8 Å². The number of hydrogen-bond acceptors (Lipinski definition) is 8. The van der Waals surface area contributed by atoms with E-state index in [0.29, 0.717) is 24.0 Å². The van der Waals surface area contributed by atoms with Crippen LogP contribution in [0.2, 0.25) is 0 Å². The highest BCUT2D eigenvalue weighted by Crippen LogP contribution is 2.33. The number of likely N-dealkylation sites (tertiary alicyclic amines) is 1. The Labute approximate surface area is 177 Å². The van der Waals surface area contributed by atoms with Crippen LogP contribution in [0.25, 0.3) is 11.3 Å². The van der Waals surface area contributed by atoms with Gasteiger partial charge in [-0.3, -0.25) is 9.69 Å². The number of aromatic nitrogens is 3. The lowest BCUT2D eigenvalue weighted by Crippen LogP contribution is -2.45. The number of nitrogens with two attached hydrogens (primary N) is 1. The molecule has 9 heteroatoms. The number of piperidine rings is 1. The first kappa shape index (κ1) is 21.9. The molecule has 1 fully saturated rings. The van der Waals surface area contributed by atoms with Gasteiger partial charge < -0.3 is 20.5 Å². The normalized spacial score (nSPS) is 17.0. The summed E-state index contributed by atoms with van der Waals surface area (Å²) in [5.74, 6) is 0.854. The molecule has 0 bridgehead atoms. The molecule has 3 rings (SSSR count). The number of primary amides is 1. The molecule has 2 heterocycles. The van der Waals surface area contributed by atoms with Crippen molar-refractivity contribution in [3.63, 3.8) is 0 Å². The second kappa shape index (κ2) is 10.3. The molecule has 0 radical (unpaired) electrons. The average molecular weight is 415 g/mol. The molecule has 162 valence electrons. The molecule has 0 spiro atoms. The third-order valence-corrected chi connectivity index (χ3v) is 4.98. The molecule has 1 amide bonds. The van der Waals surface area contributed by atoms with Gasteiger partial charge in [-0.15, -0.1) is 10.2 Å². The van der Waals surface area contributed by atoms with Gasteiger partial charge in [0.2, 0.25) is 11.9 Å². The zero-order chi connectivity index (χ0) is 21.5. The van der Waals surface area contributed by atoms with Crippen molar-refractivity contribution in [3.8, 4) is 17.0 Å². The van der Waals surface area contributed by atoms with Gasteiger partial charge >= 0.3 is 0 Å². The zero-order valence-corrected chi connectivity index (χ0v) is 17.9. The summed E-state index contributed by atoms with van der Waals surface area (Å²) in [5.41, 5.74) is 8.94. The average Bonchev–Trinajstić information content (AvgIpc) is 2.69. The molecule has 2 aromatic rings. The smallest absolute Gasteiger partial charge is 0.242 e. The SMILES string of the molecule is CCOCOc1cc(C)cc(C)c1-c1cnc(N[C@@H]2CCCN(CC(N)=O)C2)nn1. The number of benzene rings is 1.